The first-order chi connectivity index (χ1) is 10.5. The lowest BCUT2D eigenvalue weighted by Gasteiger charge is -2.28. The number of hydrogen-bond acceptors (Lipinski definition) is 6. The van der Waals surface area contributed by atoms with Crippen LogP contribution in [0.25, 0.3) is 0 Å². The zero-order valence-electron chi connectivity index (χ0n) is 11.5. The highest BCUT2D eigenvalue weighted by Gasteiger charge is 2.52. The van der Waals surface area contributed by atoms with Gasteiger partial charge in [-0.3, -0.25) is 4.79 Å². The lowest BCUT2D eigenvalue weighted by molar-refractivity contribution is -0.313. The third kappa shape index (κ3) is 2.33. The number of hydrogen-bond donors (Lipinski definition) is 1. The zero-order valence-corrected chi connectivity index (χ0v) is 11.5. The Labute approximate surface area is 125 Å². The van der Waals surface area contributed by atoms with E-state index >= 15 is 0 Å². The number of amides is 1. The van der Waals surface area contributed by atoms with Gasteiger partial charge in [0.25, 0.3) is 0 Å². The monoisotopic (exact) mass is 303 g/mol. The van der Waals surface area contributed by atoms with Gasteiger partial charge in [0.2, 0.25) is 5.91 Å². The molecule has 2 aliphatic rings. The number of para-hydroxylation sites is 1. The molecule has 0 saturated carbocycles. The predicted molar refractivity (Wildman–Crippen MR) is 69.3 cm³/mol. The Kier molecular flexibility index (Phi) is 3.58. The van der Waals surface area contributed by atoms with E-state index in [1.165, 1.54) is 18.2 Å². The molecule has 116 valence electrons. The average molecular weight is 303 g/mol. The number of benzene rings is 1. The summed E-state index contributed by atoms with van der Waals surface area (Å²) in [6.07, 6.45) is 0.211. The van der Waals surface area contributed by atoms with Crippen LogP contribution in [0, 0.1) is 11.8 Å². The molecular weight excluding hydrogens is 290 g/mol. The molecule has 0 spiro atoms. The van der Waals surface area contributed by atoms with Crippen LogP contribution in [0.4, 0.5) is 5.69 Å². The van der Waals surface area contributed by atoms with E-state index in [-0.39, 0.29) is 11.3 Å². The summed E-state index contributed by atoms with van der Waals surface area (Å²) in [6.45, 7) is 0. The number of anilines is 1. The fraction of sp³-hybridized carbons (Fsp3) is 0.400. The lowest BCUT2D eigenvalue weighted by Crippen LogP contribution is -2.46. The number of aromatic carboxylic acids is 1. The van der Waals surface area contributed by atoms with Gasteiger partial charge in [0.05, 0.1) is 24.1 Å². The van der Waals surface area contributed by atoms with Gasteiger partial charge in [0.1, 0.15) is 0 Å². The number of nitrogens with one attached hydrogen (secondary N) is 1. The molecule has 1 aromatic carbocycles. The highest BCUT2D eigenvalue weighted by atomic mass is 16.5. The van der Waals surface area contributed by atoms with E-state index in [1.54, 1.807) is 6.07 Å². The maximum atomic E-state index is 12.4. The molecular formula is C15H13NO6-2. The molecule has 1 aromatic rings. The number of rotatable bonds is 4. The number of fused-ring (bicyclic) bond motifs is 2. The molecule has 0 aromatic heterocycles. The van der Waals surface area contributed by atoms with Crippen LogP contribution in [0.5, 0.6) is 0 Å². The van der Waals surface area contributed by atoms with Crippen molar-refractivity contribution >= 4 is 23.5 Å². The Morgan fingerprint density at radius 1 is 1.05 bits per heavy atom. The molecule has 2 saturated heterocycles. The van der Waals surface area contributed by atoms with Gasteiger partial charge in [-0.2, -0.15) is 0 Å². The third-order valence-electron chi connectivity index (χ3n) is 4.25. The molecule has 2 heterocycles. The molecule has 7 nitrogen and oxygen atoms in total. The Morgan fingerprint density at radius 2 is 1.68 bits per heavy atom. The minimum Gasteiger partial charge on any atom is -0.550 e. The first-order valence-corrected chi connectivity index (χ1v) is 6.96. The summed E-state index contributed by atoms with van der Waals surface area (Å²) < 4.78 is 5.48. The topological polar surface area (TPSA) is 119 Å². The number of carboxylic acids is 2. The quantitative estimate of drug-likeness (QED) is 0.725. The average Bonchev–Trinajstić information content (AvgIpc) is 3.08. The van der Waals surface area contributed by atoms with Crippen molar-refractivity contribution in [1.82, 2.24) is 0 Å². The second-order valence-corrected chi connectivity index (χ2v) is 5.48. The van der Waals surface area contributed by atoms with Crippen molar-refractivity contribution in [2.24, 2.45) is 11.8 Å². The van der Waals surface area contributed by atoms with Crippen molar-refractivity contribution in [3.8, 4) is 0 Å². The van der Waals surface area contributed by atoms with Crippen LogP contribution in [0.1, 0.15) is 23.2 Å². The number of carbonyl (C=O) groups excluding carboxylic acids is 3. The summed E-state index contributed by atoms with van der Waals surface area (Å²) in [5.41, 5.74) is -0.0858. The normalized spacial score (nSPS) is 29.3. The summed E-state index contributed by atoms with van der Waals surface area (Å²) in [6, 6.07) is 5.80. The van der Waals surface area contributed by atoms with Crippen molar-refractivity contribution in [2.45, 2.75) is 25.0 Å². The number of carboxylic acid groups (broad SMARTS) is 2. The molecule has 7 heteroatoms. The number of carbonyl (C=O) groups is 3. The molecule has 1 N–H and O–H groups in total. The van der Waals surface area contributed by atoms with Gasteiger partial charge in [0, 0.05) is 23.1 Å². The molecule has 4 atom stereocenters. The Morgan fingerprint density at radius 3 is 2.32 bits per heavy atom. The zero-order chi connectivity index (χ0) is 15.9. The molecule has 3 rings (SSSR count). The van der Waals surface area contributed by atoms with Gasteiger partial charge in [-0.25, -0.2) is 0 Å². The summed E-state index contributed by atoms with van der Waals surface area (Å²) in [5.74, 6) is -5.19. The second kappa shape index (κ2) is 5.42. The molecule has 1 amide bonds. The number of ether oxygens (including phenoxy) is 1. The van der Waals surface area contributed by atoms with Gasteiger partial charge < -0.3 is 29.9 Å². The van der Waals surface area contributed by atoms with Crippen LogP contribution in [0.3, 0.4) is 0 Å². The van der Waals surface area contributed by atoms with Crippen molar-refractivity contribution in [3.63, 3.8) is 0 Å². The fourth-order valence-electron chi connectivity index (χ4n) is 3.30. The molecule has 2 fully saturated rings. The largest absolute Gasteiger partial charge is 0.550 e. The van der Waals surface area contributed by atoms with Crippen molar-refractivity contribution in [1.29, 1.82) is 0 Å². The van der Waals surface area contributed by atoms with Crippen LogP contribution in [-0.2, 0) is 14.3 Å². The molecule has 0 radical (unpaired) electrons. The lowest BCUT2D eigenvalue weighted by atomic mass is 9.78. The van der Waals surface area contributed by atoms with E-state index in [9.17, 15) is 24.6 Å². The van der Waals surface area contributed by atoms with E-state index in [4.69, 9.17) is 4.74 Å². The summed E-state index contributed by atoms with van der Waals surface area (Å²) in [7, 11) is 0. The molecule has 0 unspecified atom stereocenters. The van der Waals surface area contributed by atoms with Gasteiger partial charge in [0.15, 0.2) is 0 Å². The van der Waals surface area contributed by atoms with Gasteiger partial charge in [-0.05, 0) is 18.9 Å². The van der Waals surface area contributed by atoms with E-state index in [0.717, 1.165) is 0 Å². The van der Waals surface area contributed by atoms with Gasteiger partial charge >= 0.3 is 0 Å². The Hall–Kier alpha value is -2.41. The smallest absolute Gasteiger partial charge is 0.230 e. The van der Waals surface area contributed by atoms with E-state index in [0.29, 0.717) is 12.8 Å². The van der Waals surface area contributed by atoms with Crippen molar-refractivity contribution in [2.75, 3.05) is 5.32 Å². The first kappa shape index (κ1) is 14.5. The van der Waals surface area contributed by atoms with Crippen LogP contribution in [0.15, 0.2) is 24.3 Å². The summed E-state index contributed by atoms with van der Waals surface area (Å²) in [4.78, 5) is 34.7. The molecule has 0 aliphatic carbocycles. The van der Waals surface area contributed by atoms with E-state index < -0.39 is 41.9 Å². The Bertz CT molecular complexity index is 643. The van der Waals surface area contributed by atoms with Gasteiger partial charge in [-0.15, -0.1) is 0 Å². The third-order valence-corrected chi connectivity index (χ3v) is 4.25. The number of aliphatic carboxylic acids is 1. The van der Waals surface area contributed by atoms with E-state index in [1.807, 2.05) is 0 Å². The SMILES string of the molecule is O=C([O-])c1ccccc1NC(=O)[C@H]1[C@@H](C(=O)[O-])[C@@H]2CC[C@H]1O2. The molecule has 2 bridgehead atoms. The second-order valence-electron chi connectivity index (χ2n) is 5.48. The highest BCUT2D eigenvalue weighted by molar-refractivity contribution is 6.01. The molecule has 2 aliphatic heterocycles. The van der Waals surface area contributed by atoms with Gasteiger partial charge in [-0.1, -0.05) is 18.2 Å². The minimum atomic E-state index is -1.42. The van der Waals surface area contributed by atoms with E-state index in [2.05, 4.69) is 5.32 Å². The molecule has 22 heavy (non-hydrogen) atoms. The van der Waals surface area contributed by atoms with Crippen LogP contribution in [0.2, 0.25) is 0 Å². The van der Waals surface area contributed by atoms with Crippen LogP contribution < -0.4 is 15.5 Å². The summed E-state index contributed by atoms with van der Waals surface area (Å²) in [5, 5.41) is 24.8. The predicted octanol–water partition coefficient (Wildman–Crippen LogP) is -1.47. The Balaban J connectivity index is 1.83. The van der Waals surface area contributed by atoms with Crippen LogP contribution >= 0.6 is 0 Å². The summed E-state index contributed by atoms with van der Waals surface area (Å²) >= 11 is 0. The van der Waals surface area contributed by atoms with Crippen LogP contribution in [-0.4, -0.2) is 30.1 Å². The maximum absolute atomic E-state index is 12.4. The minimum absolute atomic E-state index is 0.0763. The highest BCUT2D eigenvalue weighted by Crippen LogP contribution is 2.43. The van der Waals surface area contributed by atoms with Crippen molar-refractivity contribution in [3.05, 3.63) is 29.8 Å². The maximum Gasteiger partial charge on any atom is 0.230 e. The fourth-order valence-corrected chi connectivity index (χ4v) is 3.30. The standard InChI is InChI=1S/C15H15NO6/c17-13(16-8-4-2-1-3-7(8)14(18)19)11-9-5-6-10(22-9)12(11)15(20)21/h1-4,9-12H,5-6H2,(H,16,17)(H,18,19)(H,20,21)/p-2/t9-,10+,11-,12+/m1/s1. The van der Waals surface area contributed by atoms with Crippen molar-refractivity contribution < 1.29 is 29.3 Å². The first-order valence-electron chi connectivity index (χ1n) is 6.96.